The van der Waals surface area contributed by atoms with Gasteiger partial charge in [0.15, 0.2) is 17.5 Å². The van der Waals surface area contributed by atoms with E-state index in [2.05, 4.69) is 187 Å². The highest BCUT2D eigenvalue weighted by atomic mass is 15.2. The van der Waals surface area contributed by atoms with Crippen LogP contribution in [-0.4, -0.2) is 24.6 Å². The molecule has 61 heavy (non-hydrogen) atoms. The lowest BCUT2D eigenvalue weighted by Gasteiger charge is -2.18. The summed E-state index contributed by atoms with van der Waals surface area (Å²) in [7, 11) is 0. The fourth-order valence-electron chi connectivity index (χ4n) is 8.39. The van der Waals surface area contributed by atoms with Crippen LogP contribution in [0.3, 0.4) is 0 Å². The van der Waals surface area contributed by atoms with Gasteiger partial charge < -0.3 is 0 Å². The minimum Gasteiger partial charge on any atom is -0.231 e. The number of nitrogens with zero attached hydrogens (tertiary/aromatic N) is 5. The van der Waals surface area contributed by atoms with E-state index in [1.54, 1.807) is 0 Å². The number of hydrogen-bond donors (Lipinski definition) is 0. The van der Waals surface area contributed by atoms with Gasteiger partial charge in [0, 0.05) is 38.8 Å². The second kappa shape index (κ2) is 15.5. The quantitative estimate of drug-likeness (QED) is 0.154. The van der Waals surface area contributed by atoms with Crippen molar-refractivity contribution >= 4 is 16.3 Å². The standard InChI is InChI=1S/C56H37N5/c1-5-17-38(18-6-1)45-26-16-28-47(36-45)56-59-54(42-23-11-4-12-24-42)58-55(60-56)43-33-31-39(32-34-43)44-25-15-27-46(35-44)51-48-29-13-14-30-49(48)53-50(40-19-7-2-8-20-40)37-57-61(53)52(51)41-21-9-3-10-22-41/h1-37H. The average Bonchev–Trinajstić information content (AvgIpc) is 3.80. The lowest BCUT2D eigenvalue weighted by atomic mass is 9.90. The Morgan fingerprint density at radius 2 is 0.705 bits per heavy atom. The third-order valence-corrected chi connectivity index (χ3v) is 11.3. The summed E-state index contributed by atoms with van der Waals surface area (Å²) < 4.78 is 2.14. The smallest absolute Gasteiger partial charge is 0.164 e. The molecule has 11 aromatic rings. The van der Waals surface area contributed by atoms with Crippen LogP contribution in [0.5, 0.6) is 0 Å². The number of rotatable bonds is 8. The molecule has 0 N–H and O–H groups in total. The summed E-state index contributed by atoms with van der Waals surface area (Å²) in [6, 6.07) is 76.1. The zero-order valence-corrected chi connectivity index (χ0v) is 33.1. The minimum absolute atomic E-state index is 0.621. The van der Waals surface area contributed by atoms with E-state index >= 15 is 0 Å². The van der Waals surface area contributed by atoms with Crippen molar-refractivity contribution in [1.82, 2.24) is 24.6 Å². The van der Waals surface area contributed by atoms with Crippen molar-refractivity contribution in [3.8, 4) is 89.9 Å². The molecule has 0 aliphatic heterocycles. The van der Waals surface area contributed by atoms with Gasteiger partial charge in [0.25, 0.3) is 0 Å². The first-order valence-corrected chi connectivity index (χ1v) is 20.5. The van der Waals surface area contributed by atoms with Crippen LogP contribution >= 0.6 is 0 Å². The molecule has 0 saturated carbocycles. The van der Waals surface area contributed by atoms with Crippen LogP contribution in [0.2, 0.25) is 0 Å². The molecule has 3 heterocycles. The first-order chi connectivity index (χ1) is 30.2. The van der Waals surface area contributed by atoms with E-state index in [0.29, 0.717) is 17.5 Å². The predicted molar refractivity (Wildman–Crippen MR) is 250 cm³/mol. The Kier molecular flexibility index (Phi) is 9.10. The number of aromatic nitrogens is 5. The minimum atomic E-state index is 0.621. The normalized spacial score (nSPS) is 11.3. The van der Waals surface area contributed by atoms with Gasteiger partial charge in [0.2, 0.25) is 0 Å². The van der Waals surface area contributed by atoms with Gasteiger partial charge in [0.1, 0.15) is 0 Å². The van der Waals surface area contributed by atoms with Gasteiger partial charge in [-0.25, -0.2) is 19.5 Å². The molecule has 0 bridgehead atoms. The Morgan fingerprint density at radius 1 is 0.295 bits per heavy atom. The van der Waals surface area contributed by atoms with Crippen LogP contribution in [0.15, 0.2) is 225 Å². The van der Waals surface area contributed by atoms with Gasteiger partial charge in [-0.1, -0.05) is 206 Å². The Balaban J connectivity index is 1.02. The molecule has 11 rings (SSSR count). The van der Waals surface area contributed by atoms with Crippen molar-refractivity contribution in [3.63, 3.8) is 0 Å². The molecule has 8 aromatic carbocycles. The predicted octanol–water partition coefficient (Wildman–Crippen LogP) is 14.0. The van der Waals surface area contributed by atoms with Crippen LogP contribution in [0.1, 0.15) is 0 Å². The van der Waals surface area contributed by atoms with E-state index < -0.39 is 0 Å². The number of hydrogen-bond acceptors (Lipinski definition) is 4. The highest BCUT2D eigenvalue weighted by Gasteiger charge is 2.22. The molecule has 286 valence electrons. The van der Waals surface area contributed by atoms with Gasteiger partial charge >= 0.3 is 0 Å². The largest absolute Gasteiger partial charge is 0.231 e. The van der Waals surface area contributed by atoms with Gasteiger partial charge in [-0.15, -0.1) is 0 Å². The summed E-state index contributed by atoms with van der Waals surface area (Å²) in [6.07, 6.45) is 2.01. The Hall–Kier alpha value is -8.28. The van der Waals surface area contributed by atoms with Gasteiger partial charge in [-0.3, -0.25) is 0 Å². The summed E-state index contributed by atoms with van der Waals surface area (Å²) in [5.74, 6) is 1.88. The van der Waals surface area contributed by atoms with Crippen LogP contribution in [0.4, 0.5) is 0 Å². The van der Waals surface area contributed by atoms with Crippen molar-refractivity contribution in [2.45, 2.75) is 0 Å². The summed E-state index contributed by atoms with van der Waals surface area (Å²) in [5.41, 5.74) is 15.0. The molecule has 5 nitrogen and oxygen atoms in total. The molecule has 0 aliphatic rings. The summed E-state index contributed by atoms with van der Waals surface area (Å²) in [6.45, 7) is 0. The first kappa shape index (κ1) is 35.8. The molecule has 0 spiro atoms. The van der Waals surface area contributed by atoms with Gasteiger partial charge in [0.05, 0.1) is 17.4 Å². The molecule has 0 fully saturated rings. The topological polar surface area (TPSA) is 56.0 Å². The molecule has 0 radical (unpaired) electrons. The molecular weight excluding hydrogens is 743 g/mol. The van der Waals surface area contributed by atoms with E-state index in [1.165, 1.54) is 5.39 Å². The highest BCUT2D eigenvalue weighted by molar-refractivity contribution is 6.13. The Morgan fingerprint density at radius 3 is 1.33 bits per heavy atom. The van der Waals surface area contributed by atoms with E-state index in [0.717, 1.165) is 83.4 Å². The molecule has 0 unspecified atom stereocenters. The third kappa shape index (κ3) is 6.74. The van der Waals surface area contributed by atoms with Gasteiger partial charge in [-0.2, -0.15) is 5.10 Å². The fourth-order valence-corrected chi connectivity index (χ4v) is 8.39. The third-order valence-electron chi connectivity index (χ3n) is 11.3. The van der Waals surface area contributed by atoms with E-state index in [-0.39, 0.29) is 0 Å². The van der Waals surface area contributed by atoms with Crippen LogP contribution in [0, 0.1) is 0 Å². The van der Waals surface area contributed by atoms with Crippen LogP contribution in [-0.2, 0) is 0 Å². The zero-order valence-electron chi connectivity index (χ0n) is 33.1. The van der Waals surface area contributed by atoms with E-state index in [4.69, 9.17) is 20.1 Å². The average molecular weight is 780 g/mol. The Labute approximate surface area is 354 Å². The fraction of sp³-hybridized carbons (Fsp3) is 0. The lowest BCUT2D eigenvalue weighted by Crippen LogP contribution is -2.00. The van der Waals surface area contributed by atoms with E-state index in [9.17, 15) is 0 Å². The highest BCUT2D eigenvalue weighted by Crippen LogP contribution is 2.43. The van der Waals surface area contributed by atoms with Crippen LogP contribution < -0.4 is 0 Å². The first-order valence-electron chi connectivity index (χ1n) is 20.5. The molecule has 0 amide bonds. The molecular formula is C56H37N5. The number of pyridine rings is 1. The number of fused-ring (bicyclic) bond motifs is 3. The summed E-state index contributed by atoms with van der Waals surface area (Å²) >= 11 is 0. The maximum absolute atomic E-state index is 5.10. The summed E-state index contributed by atoms with van der Waals surface area (Å²) in [4.78, 5) is 15.1. The SMILES string of the molecule is c1ccc(-c2cccc(-c3nc(-c4ccccc4)nc(-c4ccc(-c5cccc(-c6c(-c7ccccc7)n7ncc(-c8ccccc8)c7c7ccccc67)c5)cc4)n3)c2)cc1. The molecule has 3 aromatic heterocycles. The lowest BCUT2D eigenvalue weighted by molar-refractivity contribution is 0.976. The van der Waals surface area contributed by atoms with E-state index in [1.807, 2.05) is 42.6 Å². The Bertz CT molecular complexity index is 3330. The maximum Gasteiger partial charge on any atom is 0.164 e. The molecule has 0 atom stereocenters. The monoisotopic (exact) mass is 779 g/mol. The molecule has 0 saturated heterocycles. The molecule has 0 aliphatic carbocycles. The summed E-state index contributed by atoms with van der Waals surface area (Å²) in [5, 5.41) is 7.42. The number of benzene rings is 8. The van der Waals surface area contributed by atoms with Crippen molar-refractivity contribution in [2.75, 3.05) is 0 Å². The molecule has 5 heteroatoms. The van der Waals surface area contributed by atoms with Crippen molar-refractivity contribution < 1.29 is 0 Å². The zero-order chi connectivity index (χ0) is 40.5. The van der Waals surface area contributed by atoms with Crippen molar-refractivity contribution in [1.29, 1.82) is 0 Å². The maximum atomic E-state index is 5.10. The van der Waals surface area contributed by atoms with Crippen molar-refractivity contribution in [3.05, 3.63) is 225 Å². The second-order valence-corrected chi connectivity index (χ2v) is 15.1. The second-order valence-electron chi connectivity index (χ2n) is 15.1. The van der Waals surface area contributed by atoms with Crippen LogP contribution in [0.25, 0.3) is 106 Å². The van der Waals surface area contributed by atoms with Gasteiger partial charge in [-0.05, 0) is 50.9 Å². The van der Waals surface area contributed by atoms with Crippen molar-refractivity contribution in [2.24, 2.45) is 0 Å².